The van der Waals surface area contributed by atoms with Gasteiger partial charge >= 0.3 is 5.97 Å². The summed E-state index contributed by atoms with van der Waals surface area (Å²) in [6.45, 7) is 5.10. The molecule has 0 radical (unpaired) electrons. The number of rotatable bonds is 9. The molecule has 0 saturated carbocycles. The molecule has 0 aliphatic rings. The number of esters is 1. The smallest absolute Gasteiger partial charge is 0.344 e. The Hall–Kier alpha value is -4.64. The Bertz CT molecular complexity index is 1350. The van der Waals surface area contributed by atoms with Gasteiger partial charge in [0.15, 0.2) is 12.9 Å². The van der Waals surface area contributed by atoms with Crippen LogP contribution >= 0.6 is 0 Å². The number of anilines is 3. The van der Waals surface area contributed by atoms with Crippen LogP contribution in [0.3, 0.4) is 0 Å². The van der Waals surface area contributed by atoms with Crippen molar-refractivity contribution in [3.05, 3.63) is 120 Å². The average Bonchev–Trinajstić information content (AvgIpc) is 2.92. The molecule has 192 valence electrons. The Morgan fingerprint density at radius 3 is 1.82 bits per heavy atom. The summed E-state index contributed by atoms with van der Waals surface area (Å²) < 4.78 is 10.9. The molecule has 0 aromatic heterocycles. The van der Waals surface area contributed by atoms with Gasteiger partial charge in [-0.05, 0) is 80.4 Å². The number of carbonyl (C=O) groups is 2. The first-order chi connectivity index (χ1) is 18.3. The van der Waals surface area contributed by atoms with Crippen LogP contribution in [-0.4, -0.2) is 24.5 Å². The highest BCUT2D eigenvalue weighted by atomic mass is 16.6. The molecule has 4 rings (SSSR count). The highest BCUT2D eigenvalue weighted by molar-refractivity contribution is 5.82. The lowest BCUT2D eigenvalue weighted by Gasteiger charge is -2.25. The van der Waals surface area contributed by atoms with E-state index in [1.54, 1.807) is 32.9 Å². The number of hydrogen-bond donors (Lipinski definition) is 0. The van der Waals surface area contributed by atoms with E-state index in [9.17, 15) is 9.59 Å². The highest BCUT2D eigenvalue weighted by Gasteiger charge is 2.17. The molecule has 38 heavy (non-hydrogen) atoms. The van der Waals surface area contributed by atoms with Gasteiger partial charge in [0.1, 0.15) is 11.4 Å². The Balaban J connectivity index is 1.51. The van der Waals surface area contributed by atoms with Gasteiger partial charge in [0.05, 0.1) is 5.56 Å². The maximum Gasteiger partial charge on any atom is 0.344 e. The fourth-order valence-corrected chi connectivity index (χ4v) is 3.91. The van der Waals surface area contributed by atoms with Crippen LogP contribution in [0.15, 0.2) is 103 Å². The highest BCUT2D eigenvalue weighted by Crippen LogP contribution is 2.34. The van der Waals surface area contributed by atoms with Crippen LogP contribution in [0.2, 0.25) is 0 Å². The van der Waals surface area contributed by atoms with Crippen molar-refractivity contribution in [1.29, 1.82) is 0 Å². The van der Waals surface area contributed by atoms with Crippen molar-refractivity contribution in [3.63, 3.8) is 0 Å². The molecule has 0 atom stereocenters. The first kappa shape index (κ1) is 26.4. The molecular formula is C33H31NO4. The molecule has 5 heteroatoms. The molecule has 0 unspecified atom stereocenters. The van der Waals surface area contributed by atoms with E-state index in [1.165, 1.54) is 0 Å². The SMILES string of the molecule is CC(C)(C)OC(=O)COc1cc(/C=C/c2ccc(N(c3ccccc3)c3ccccc3)cc2)ccc1C=O. The summed E-state index contributed by atoms with van der Waals surface area (Å²) in [6, 6.07) is 34.1. The molecule has 0 aliphatic carbocycles. The number of carbonyl (C=O) groups excluding carboxylic acids is 2. The van der Waals surface area contributed by atoms with Crippen molar-refractivity contribution in [1.82, 2.24) is 0 Å². The van der Waals surface area contributed by atoms with Crippen molar-refractivity contribution in [2.24, 2.45) is 0 Å². The molecular weight excluding hydrogens is 474 g/mol. The summed E-state index contributed by atoms with van der Waals surface area (Å²) in [4.78, 5) is 25.7. The normalized spacial score (nSPS) is 11.2. The van der Waals surface area contributed by atoms with Gasteiger partial charge in [-0.25, -0.2) is 4.79 Å². The monoisotopic (exact) mass is 505 g/mol. The van der Waals surface area contributed by atoms with E-state index in [0.717, 1.165) is 28.2 Å². The van der Waals surface area contributed by atoms with Crippen LogP contribution in [0.4, 0.5) is 17.1 Å². The van der Waals surface area contributed by atoms with Gasteiger partial charge in [-0.3, -0.25) is 4.79 Å². The van der Waals surface area contributed by atoms with Gasteiger partial charge in [0.2, 0.25) is 0 Å². The average molecular weight is 506 g/mol. The van der Waals surface area contributed by atoms with E-state index in [2.05, 4.69) is 53.4 Å². The molecule has 0 fully saturated rings. The molecule has 4 aromatic carbocycles. The van der Waals surface area contributed by atoms with E-state index < -0.39 is 11.6 Å². The standard InChI is InChI=1S/C33H31NO4/c1-33(2,3)38-32(36)24-37-31-22-26(16-19-27(31)23-35)15-14-25-17-20-30(21-18-25)34(28-10-6-4-7-11-28)29-12-8-5-9-13-29/h4-23H,24H2,1-3H3/b15-14+. The summed E-state index contributed by atoms with van der Waals surface area (Å²) in [5, 5.41) is 0. The summed E-state index contributed by atoms with van der Waals surface area (Å²) in [5.41, 5.74) is 4.84. The lowest BCUT2D eigenvalue weighted by atomic mass is 10.1. The van der Waals surface area contributed by atoms with Gasteiger partial charge in [0.25, 0.3) is 0 Å². The van der Waals surface area contributed by atoms with Gasteiger partial charge in [-0.2, -0.15) is 0 Å². The molecule has 5 nitrogen and oxygen atoms in total. The van der Waals surface area contributed by atoms with Gasteiger partial charge in [0, 0.05) is 17.1 Å². The zero-order chi connectivity index (χ0) is 27.0. The fraction of sp³-hybridized carbons (Fsp3) is 0.152. The fourth-order valence-electron chi connectivity index (χ4n) is 3.91. The van der Waals surface area contributed by atoms with E-state index in [4.69, 9.17) is 9.47 Å². The number of aldehydes is 1. The first-order valence-corrected chi connectivity index (χ1v) is 12.4. The molecule has 0 saturated heterocycles. The van der Waals surface area contributed by atoms with Crippen LogP contribution in [0.25, 0.3) is 12.2 Å². The zero-order valence-corrected chi connectivity index (χ0v) is 21.8. The predicted octanol–water partition coefficient (Wildman–Crippen LogP) is 7.86. The summed E-state index contributed by atoms with van der Waals surface area (Å²) >= 11 is 0. The minimum atomic E-state index is -0.604. The van der Waals surface area contributed by atoms with Gasteiger partial charge in [-0.15, -0.1) is 0 Å². The van der Waals surface area contributed by atoms with E-state index in [1.807, 2.05) is 54.6 Å². The van der Waals surface area contributed by atoms with Crippen molar-refractivity contribution >= 4 is 41.5 Å². The third-order valence-corrected chi connectivity index (χ3v) is 5.58. The van der Waals surface area contributed by atoms with Gasteiger partial charge < -0.3 is 14.4 Å². The van der Waals surface area contributed by atoms with E-state index in [0.29, 0.717) is 17.6 Å². The first-order valence-electron chi connectivity index (χ1n) is 12.4. The Kier molecular flexibility index (Phi) is 8.39. The minimum absolute atomic E-state index is 0.272. The molecule has 0 amide bonds. The van der Waals surface area contributed by atoms with Crippen molar-refractivity contribution in [3.8, 4) is 5.75 Å². The molecule has 0 N–H and O–H groups in total. The summed E-state index contributed by atoms with van der Waals surface area (Å²) in [5.74, 6) is -0.153. The molecule has 0 aliphatic heterocycles. The number of ether oxygens (including phenoxy) is 2. The Labute approximate surface area is 224 Å². The minimum Gasteiger partial charge on any atom is -0.481 e. The lowest BCUT2D eigenvalue weighted by molar-refractivity contribution is -0.157. The van der Waals surface area contributed by atoms with Crippen molar-refractivity contribution in [2.45, 2.75) is 26.4 Å². The van der Waals surface area contributed by atoms with Crippen LogP contribution < -0.4 is 9.64 Å². The molecule has 0 bridgehead atoms. The van der Waals surface area contributed by atoms with Crippen molar-refractivity contribution < 1.29 is 19.1 Å². The van der Waals surface area contributed by atoms with E-state index >= 15 is 0 Å². The topological polar surface area (TPSA) is 55.8 Å². The number of benzene rings is 4. The molecule has 4 aromatic rings. The Morgan fingerprint density at radius 2 is 1.26 bits per heavy atom. The van der Waals surface area contributed by atoms with Crippen LogP contribution in [0.5, 0.6) is 5.75 Å². The Morgan fingerprint density at radius 1 is 0.737 bits per heavy atom. The largest absolute Gasteiger partial charge is 0.481 e. The second-order valence-corrected chi connectivity index (χ2v) is 9.72. The third-order valence-electron chi connectivity index (χ3n) is 5.58. The van der Waals surface area contributed by atoms with E-state index in [-0.39, 0.29) is 6.61 Å². The van der Waals surface area contributed by atoms with Crippen LogP contribution in [-0.2, 0) is 9.53 Å². The summed E-state index contributed by atoms with van der Waals surface area (Å²) in [7, 11) is 0. The van der Waals surface area contributed by atoms with Crippen molar-refractivity contribution in [2.75, 3.05) is 11.5 Å². The van der Waals surface area contributed by atoms with Crippen LogP contribution in [0.1, 0.15) is 42.3 Å². The number of hydrogen-bond acceptors (Lipinski definition) is 5. The summed E-state index contributed by atoms with van der Waals surface area (Å²) in [6.07, 6.45) is 4.64. The molecule has 0 spiro atoms. The number of para-hydroxylation sites is 2. The zero-order valence-electron chi connectivity index (χ0n) is 21.8. The van der Waals surface area contributed by atoms with Gasteiger partial charge in [-0.1, -0.05) is 66.7 Å². The predicted molar refractivity (Wildman–Crippen MR) is 153 cm³/mol. The second-order valence-electron chi connectivity index (χ2n) is 9.72. The maximum atomic E-state index is 12.0. The number of nitrogens with zero attached hydrogens (tertiary/aromatic N) is 1. The maximum absolute atomic E-state index is 12.0. The third kappa shape index (κ3) is 7.20. The second kappa shape index (κ2) is 12.1. The quantitative estimate of drug-likeness (QED) is 0.132. The van der Waals surface area contributed by atoms with Crippen LogP contribution in [0, 0.1) is 0 Å². The lowest BCUT2D eigenvalue weighted by Crippen LogP contribution is -2.27. The molecule has 0 heterocycles.